The van der Waals surface area contributed by atoms with Crippen LogP contribution in [0, 0.1) is 0 Å². The van der Waals surface area contributed by atoms with Crippen LogP contribution in [0.5, 0.6) is 0 Å². The van der Waals surface area contributed by atoms with Crippen LogP contribution in [0.15, 0.2) is 51.6 Å². The van der Waals surface area contributed by atoms with Crippen molar-refractivity contribution >= 4 is 29.0 Å². The van der Waals surface area contributed by atoms with Crippen LogP contribution in [0.2, 0.25) is 0 Å². The van der Waals surface area contributed by atoms with E-state index in [0.29, 0.717) is 13.1 Å². The van der Waals surface area contributed by atoms with Crippen LogP contribution in [0.25, 0.3) is 17.1 Å². The van der Waals surface area contributed by atoms with Crippen LogP contribution < -0.4 is 10.6 Å². The summed E-state index contributed by atoms with van der Waals surface area (Å²) < 4.78 is 5.01. The lowest BCUT2D eigenvalue weighted by Gasteiger charge is -2.20. The van der Waals surface area contributed by atoms with Crippen molar-refractivity contribution < 1.29 is 4.63 Å². The Kier molecular flexibility index (Phi) is 7.76. The molecule has 0 amide bonds. The topological polar surface area (TPSA) is 80.5 Å². The van der Waals surface area contributed by atoms with Crippen molar-refractivity contribution in [2.45, 2.75) is 20.8 Å². The number of nitrogens with two attached hydrogens (primary N) is 1. The lowest BCUT2D eigenvalue weighted by atomic mass is 10.1. The molecule has 2 N–H and O–H groups in total. The summed E-state index contributed by atoms with van der Waals surface area (Å²) in [5, 5.41) is 8.21. The monoisotopic (exact) mass is 353 g/mol. The van der Waals surface area contributed by atoms with E-state index in [-0.39, 0.29) is 0 Å². The molecule has 1 aromatic heterocycles. The predicted octanol–water partition coefficient (Wildman–Crippen LogP) is 3.61. The van der Waals surface area contributed by atoms with Crippen LogP contribution in [0.4, 0.5) is 5.69 Å². The molecular weight excluding hydrogens is 326 g/mol. The molecule has 6 nitrogen and oxygen atoms in total. The van der Waals surface area contributed by atoms with E-state index >= 15 is 0 Å². The van der Waals surface area contributed by atoms with Crippen molar-refractivity contribution in [3.63, 3.8) is 0 Å². The molecule has 26 heavy (non-hydrogen) atoms. The minimum absolute atomic E-state index is 0.551. The van der Waals surface area contributed by atoms with E-state index < -0.39 is 0 Å². The van der Waals surface area contributed by atoms with Gasteiger partial charge in [-0.15, -0.1) is 0 Å². The summed E-state index contributed by atoms with van der Waals surface area (Å²) in [6.45, 7) is 9.22. The molecule has 2 rings (SSSR count). The van der Waals surface area contributed by atoms with Gasteiger partial charge in [-0.05, 0) is 48.8 Å². The molecule has 2 aromatic rings. The maximum absolute atomic E-state index is 5.45. The average Bonchev–Trinajstić information content (AvgIpc) is 3.15. The Labute approximate surface area is 154 Å². The average molecular weight is 353 g/mol. The van der Waals surface area contributed by atoms with E-state index in [9.17, 15) is 0 Å². The number of aliphatic imine (C=N–C) groups is 1. The Morgan fingerprint density at radius 2 is 1.96 bits per heavy atom. The molecule has 0 bridgehead atoms. The molecule has 0 aliphatic heterocycles. The molecule has 0 fully saturated rings. The Bertz CT molecular complexity index is 813. The van der Waals surface area contributed by atoms with E-state index in [1.807, 2.05) is 43.4 Å². The standard InChI is InChI=1S/C20H27N5O/c1-4-7-16(12-14-22-15-13-21)8-9-17-10-11-18(25(5-2)6-3)20-19(17)23-26-24-20/h4,7-12,14H,5-6,13,15,21H2,1-3H3/b7-4-,9-8+,16-12+,22-14?. The third-order valence-electron chi connectivity index (χ3n) is 3.97. The smallest absolute Gasteiger partial charge is 0.159 e. The molecule has 0 saturated heterocycles. The summed E-state index contributed by atoms with van der Waals surface area (Å²) in [5.74, 6) is 0. The summed E-state index contributed by atoms with van der Waals surface area (Å²) in [4.78, 5) is 6.46. The van der Waals surface area contributed by atoms with Gasteiger partial charge in [0, 0.05) is 31.4 Å². The van der Waals surface area contributed by atoms with Gasteiger partial charge >= 0.3 is 0 Å². The summed E-state index contributed by atoms with van der Waals surface area (Å²) >= 11 is 0. The maximum atomic E-state index is 5.45. The number of anilines is 1. The zero-order valence-electron chi connectivity index (χ0n) is 15.7. The van der Waals surface area contributed by atoms with E-state index in [1.54, 1.807) is 6.21 Å². The van der Waals surface area contributed by atoms with E-state index in [4.69, 9.17) is 10.4 Å². The molecule has 0 saturated carbocycles. The minimum atomic E-state index is 0.551. The van der Waals surface area contributed by atoms with Crippen LogP contribution in [-0.4, -0.2) is 42.7 Å². The number of rotatable bonds is 9. The number of allylic oxidation sites excluding steroid dienone is 5. The molecule has 1 heterocycles. The second-order valence-electron chi connectivity index (χ2n) is 5.65. The summed E-state index contributed by atoms with van der Waals surface area (Å²) in [6.07, 6.45) is 11.8. The molecule has 0 spiro atoms. The van der Waals surface area contributed by atoms with Gasteiger partial charge in [-0.3, -0.25) is 4.99 Å². The van der Waals surface area contributed by atoms with Crippen molar-refractivity contribution in [2.75, 3.05) is 31.1 Å². The normalized spacial score (nSPS) is 13.0. The summed E-state index contributed by atoms with van der Waals surface area (Å²) in [5.41, 5.74) is 10.0. The van der Waals surface area contributed by atoms with Crippen molar-refractivity contribution in [3.05, 3.63) is 47.6 Å². The van der Waals surface area contributed by atoms with E-state index in [2.05, 4.69) is 40.1 Å². The highest BCUT2D eigenvalue weighted by atomic mass is 16.6. The van der Waals surface area contributed by atoms with E-state index in [0.717, 1.165) is 40.9 Å². The first kappa shape index (κ1) is 19.6. The first-order valence-corrected chi connectivity index (χ1v) is 8.96. The molecular formula is C20H27N5O. The molecule has 0 aliphatic carbocycles. The molecule has 6 heteroatoms. The third kappa shape index (κ3) is 4.89. The molecule has 138 valence electrons. The summed E-state index contributed by atoms with van der Waals surface area (Å²) in [7, 11) is 0. The number of benzene rings is 1. The fraction of sp³-hybridized carbons (Fsp3) is 0.350. The van der Waals surface area contributed by atoms with Gasteiger partial charge < -0.3 is 10.6 Å². The first-order chi connectivity index (χ1) is 12.7. The van der Waals surface area contributed by atoms with Gasteiger partial charge in [0.05, 0.1) is 12.2 Å². The van der Waals surface area contributed by atoms with Gasteiger partial charge in [-0.25, -0.2) is 4.63 Å². The Morgan fingerprint density at radius 3 is 2.65 bits per heavy atom. The Hall–Kier alpha value is -2.73. The lowest BCUT2D eigenvalue weighted by Crippen LogP contribution is -2.22. The van der Waals surface area contributed by atoms with Gasteiger partial charge in [0.15, 0.2) is 5.52 Å². The second-order valence-corrected chi connectivity index (χ2v) is 5.65. The van der Waals surface area contributed by atoms with E-state index in [1.165, 1.54) is 0 Å². The quantitative estimate of drug-likeness (QED) is 0.550. The first-order valence-electron chi connectivity index (χ1n) is 8.96. The van der Waals surface area contributed by atoms with Gasteiger partial charge in [0.25, 0.3) is 0 Å². The Balaban J connectivity index is 2.34. The molecule has 1 aromatic carbocycles. The number of hydrogen-bond acceptors (Lipinski definition) is 6. The number of hydrogen-bond donors (Lipinski definition) is 1. The van der Waals surface area contributed by atoms with Gasteiger partial charge in [-0.1, -0.05) is 30.4 Å². The molecule has 0 atom stereocenters. The van der Waals surface area contributed by atoms with Gasteiger partial charge in [0.2, 0.25) is 0 Å². The predicted molar refractivity (Wildman–Crippen MR) is 110 cm³/mol. The number of fused-ring (bicyclic) bond motifs is 1. The fourth-order valence-corrected chi connectivity index (χ4v) is 2.66. The molecule has 0 aliphatic rings. The summed E-state index contributed by atoms with van der Waals surface area (Å²) in [6, 6.07) is 4.12. The molecule has 0 radical (unpaired) electrons. The van der Waals surface area contributed by atoms with Gasteiger partial charge in [0.1, 0.15) is 5.52 Å². The lowest BCUT2D eigenvalue weighted by molar-refractivity contribution is 0.315. The maximum Gasteiger partial charge on any atom is 0.159 e. The van der Waals surface area contributed by atoms with Crippen LogP contribution >= 0.6 is 0 Å². The SMILES string of the molecule is C\C=C/C(/C=C/c1ccc(N(CC)CC)c2nonc12)=C\C=NCCN. The number of aromatic nitrogens is 2. The van der Waals surface area contributed by atoms with Crippen molar-refractivity contribution in [2.24, 2.45) is 10.7 Å². The fourth-order valence-electron chi connectivity index (χ4n) is 2.66. The van der Waals surface area contributed by atoms with Crippen LogP contribution in [-0.2, 0) is 0 Å². The van der Waals surface area contributed by atoms with Crippen molar-refractivity contribution in [1.29, 1.82) is 0 Å². The largest absolute Gasteiger partial charge is 0.370 e. The number of nitrogens with zero attached hydrogens (tertiary/aromatic N) is 4. The minimum Gasteiger partial charge on any atom is -0.370 e. The highest BCUT2D eigenvalue weighted by Crippen LogP contribution is 2.27. The third-order valence-corrected chi connectivity index (χ3v) is 3.97. The zero-order valence-corrected chi connectivity index (χ0v) is 15.7. The highest BCUT2D eigenvalue weighted by molar-refractivity contribution is 5.93. The highest BCUT2D eigenvalue weighted by Gasteiger charge is 2.13. The van der Waals surface area contributed by atoms with Crippen molar-refractivity contribution in [1.82, 2.24) is 10.3 Å². The zero-order chi connectivity index (χ0) is 18.8. The Morgan fingerprint density at radius 1 is 1.19 bits per heavy atom. The van der Waals surface area contributed by atoms with Gasteiger partial charge in [-0.2, -0.15) is 0 Å². The second kappa shape index (κ2) is 10.3. The molecule has 0 unspecified atom stereocenters. The van der Waals surface area contributed by atoms with Crippen molar-refractivity contribution in [3.8, 4) is 0 Å². The van der Waals surface area contributed by atoms with Crippen LogP contribution in [0.3, 0.4) is 0 Å². The van der Waals surface area contributed by atoms with Crippen LogP contribution in [0.1, 0.15) is 26.3 Å².